The van der Waals surface area contributed by atoms with Crippen LogP contribution in [0.4, 0.5) is 13.2 Å². The molecular weight excluding hydrogens is 299 g/mol. The third kappa shape index (κ3) is 3.22. The van der Waals surface area contributed by atoms with Crippen molar-refractivity contribution >= 4 is 11.6 Å². The number of rotatable bonds is 4. The highest BCUT2D eigenvalue weighted by molar-refractivity contribution is 6.31. The van der Waals surface area contributed by atoms with Gasteiger partial charge in [0.1, 0.15) is 17.5 Å². The molecule has 3 rings (SSSR count). The molecule has 0 aromatic heterocycles. The summed E-state index contributed by atoms with van der Waals surface area (Å²) in [6, 6.07) is 6.70. The summed E-state index contributed by atoms with van der Waals surface area (Å²) < 4.78 is 40.4. The highest BCUT2D eigenvalue weighted by atomic mass is 35.5. The van der Waals surface area contributed by atoms with Crippen LogP contribution in [0.3, 0.4) is 0 Å². The molecule has 5 heteroatoms. The molecule has 0 atom stereocenters. The Morgan fingerprint density at radius 2 is 1.71 bits per heavy atom. The Bertz CT molecular complexity index is 660. The zero-order valence-corrected chi connectivity index (χ0v) is 11.9. The number of hydrogen-bond acceptors (Lipinski definition) is 1. The Labute approximate surface area is 125 Å². The third-order valence-corrected chi connectivity index (χ3v) is 3.86. The topological polar surface area (TPSA) is 12.0 Å². The number of nitrogens with one attached hydrogen (secondary N) is 1. The molecule has 1 aliphatic rings. The predicted molar refractivity (Wildman–Crippen MR) is 76.6 cm³/mol. The first kappa shape index (κ1) is 14.4. The van der Waals surface area contributed by atoms with Crippen LogP contribution in [-0.4, -0.2) is 6.04 Å². The zero-order valence-electron chi connectivity index (χ0n) is 11.1. The van der Waals surface area contributed by atoms with Crippen molar-refractivity contribution in [2.75, 3.05) is 0 Å². The Morgan fingerprint density at radius 1 is 1.05 bits per heavy atom. The summed E-state index contributed by atoms with van der Waals surface area (Å²) >= 11 is 6.16. The van der Waals surface area contributed by atoms with Gasteiger partial charge < -0.3 is 5.32 Å². The van der Waals surface area contributed by atoms with Gasteiger partial charge in [-0.1, -0.05) is 23.7 Å². The van der Waals surface area contributed by atoms with Crippen LogP contribution >= 0.6 is 11.6 Å². The maximum Gasteiger partial charge on any atom is 0.136 e. The highest BCUT2D eigenvalue weighted by Crippen LogP contribution is 2.30. The zero-order chi connectivity index (χ0) is 15.0. The molecule has 2 aromatic rings. The first-order chi connectivity index (χ1) is 10.0. The molecule has 0 saturated heterocycles. The van der Waals surface area contributed by atoms with E-state index in [4.69, 9.17) is 11.6 Å². The minimum atomic E-state index is -0.940. The van der Waals surface area contributed by atoms with Crippen molar-refractivity contribution < 1.29 is 13.2 Å². The van der Waals surface area contributed by atoms with Gasteiger partial charge in [-0.15, -0.1) is 0 Å². The average molecular weight is 312 g/mol. The monoisotopic (exact) mass is 311 g/mol. The van der Waals surface area contributed by atoms with E-state index in [9.17, 15) is 13.2 Å². The van der Waals surface area contributed by atoms with Crippen molar-refractivity contribution in [2.24, 2.45) is 0 Å². The van der Waals surface area contributed by atoms with Crippen LogP contribution in [0.5, 0.6) is 0 Å². The molecule has 0 spiro atoms. The van der Waals surface area contributed by atoms with E-state index in [-0.39, 0.29) is 5.56 Å². The lowest BCUT2D eigenvalue weighted by Crippen LogP contribution is -2.15. The minimum Gasteiger partial charge on any atom is -0.310 e. The van der Waals surface area contributed by atoms with Crippen LogP contribution in [0.1, 0.15) is 18.4 Å². The maximum atomic E-state index is 13.8. The number of halogens is 4. The van der Waals surface area contributed by atoms with Gasteiger partial charge in [-0.05, 0) is 30.0 Å². The summed E-state index contributed by atoms with van der Waals surface area (Å²) in [5.74, 6) is -2.81. The van der Waals surface area contributed by atoms with Gasteiger partial charge in [0.15, 0.2) is 0 Å². The smallest absolute Gasteiger partial charge is 0.136 e. The van der Waals surface area contributed by atoms with Gasteiger partial charge in [0.25, 0.3) is 0 Å². The lowest BCUT2D eigenvalue weighted by molar-refractivity contribution is 0.548. The van der Waals surface area contributed by atoms with Crippen molar-refractivity contribution in [2.45, 2.75) is 25.4 Å². The van der Waals surface area contributed by atoms with E-state index < -0.39 is 17.5 Å². The van der Waals surface area contributed by atoms with Crippen LogP contribution in [0.25, 0.3) is 11.1 Å². The Kier molecular flexibility index (Phi) is 3.91. The number of hydrogen-bond donors (Lipinski definition) is 1. The minimum absolute atomic E-state index is 0.264. The summed E-state index contributed by atoms with van der Waals surface area (Å²) in [6.07, 6.45) is 2.34. The van der Waals surface area contributed by atoms with E-state index in [1.54, 1.807) is 12.1 Å². The Hall–Kier alpha value is -1.52. The van der Waals surface area contributed by atoms with E-state index >= 15 is 0 Å². The number of benzene rings is 2. The first-order valence-corrected chi connectivity index (χ1v) is 7.09. The van der Waals surface area contributed by atoms with Gasteiger partial charge in [-0.3, -0.25) is 0 Å². The van der Waals surface area contributed by atoms with Gasteiger partial charge in [0, 0.05) is 29.7 Å². The lowest BCUT2D eigenvalue weighted by atomic mass is 10.0. The summed E-state index contributed by atoms with van der Waals surface area (Å²) in [7, 11) is 0. The first-order valence-electron chi connectivity index (χ1n) is 6.71. The SMILES string of the molecule is Fc1cc(F)c(-c2ccc(CNC3CC3)c(Cl)c2)c(F)c1. The van der Waals surface area contributed by atoms with Crippen LogP contribution in [-0.2, 0) is 6.54 Å². The van der Waals surface area contributed by atoms with Crippen molar-refractivity contribution in [1.29, 1.82) is 0 Å². The average Bonchev–Trinajstić information content (AvgIpc) is 3.20. The lowest BCUT2D eigenvalue weighted by Gasteiger charge is -2.10. The molecule has 1 fully saturated rings. The molecule has 0 aliphatic heterocycles. The molecule has 1 saturated carbocycles. The summed E-state index contributed by atoms with van der Waals surface area (Å²) in [6.45, 7) is 0.623. The molecule has 1 nitrogen and oxygen atoms in total. The van der Waals surface area contributed by atoms with Gasteiger partial charge in [0.2, 0.25) is 0 Å². The Morgan fingerprint density at radius 3 is 2.29 bits per heavy atom. The van der Waals surface area contributed by atoms with Gasteiger partial charge in [-0.25, -0.2) is 13.2 Å². The fourth-order valence-electron chi connectivity index (χ4n) is 2.21. The molecule has 0 heterocycles. The van der Waals surface area contributed by atoms with E-state index in [0.717, 1.165) is 5.56 Å². The standard InChI is InChI=1S/C16H13ClF3N/c17-13-5-9(1-2-10(13)8-21-12-3-4-12)16-14(19)6-11(18)7-15(16)20/h1-2,5-7,12,21H,3-4,8H2. The van der Waals surface area contributed by atoms with Crippen LogP contribution in [0.15, 0.2) is 30.3 Å². The summed E-state index contributed by atoms with van der Waals surface area (Å²) in [4.78, 5) is 0. The second-order valence-corrected chi connectivity index (χ2v) is 5.61. The molecule has 0 amide bonds. The van der Waals surface area contributed by atoms with Crippen molar-refractivity contribution in [3.05, 3.63) is 58.4 Å². The molecule has 2 aromatic carbocycles. The van der Waals surface area contributed by atoms with E-state index in [1.807, 2.05) is 0 Å². The van der Waals surface area contributed by atoms with Crippen molar-refractivity contribution in [3.8, 4) is 11.1 Å². The fraction of sp³-hybridized carbons (Fsp3) is 0.250. The molecule has 1 N–H and O–H groups in total. The molecule has 1 aliphatic carbocycles. The van der Waals surface area contributed by atoms with Gasteiger partial charge >= 0.3 is 0 Å². The van der Waals surface area contributed by atoms with Crippen LogP contribution in [0, 0.1) is 17.5 Å². The van der Waals surface area contributed by atoms with Crippen molar-refractivity contribution in [3.63, 3.8) is 0 Å². The fourth-order valence-corrected chi connectivity index (χ4v) is 2.45. The summed E-state index contributed by atoms with van der Waals surface area (Å²) in [5, 5.41) is 3.76. The largest absolute Gasteiger partial charge is 0.310 e. The quantitative estimate of drug-likeness (QED) is 0.864. The highest BCUT2D eigenvalue weighted by Gasteiger charge is 2.20. The second-order valence-electron chi connectivity index (χ2n) is 5.21. The maximum absolute atomic E-state index is 13.8. The second kappa shape index (κ2) is 5.70. The Balaban J connectivity index is 1.90. The van der Waals surface area contributed by atoms with Gasteiger partial charge in [0.05, 0.1) is 5.56 Å². The molecule has 0 unspecified atom stereocenters. The third-order valence-electron chi connectivity index (χ3n) is 3.51. The molecule has 0 bridgehead atoms. The molecule has 0 radical (unpaired) electrons. The van der Waals surface area contributed by atoms with E-state index in [1.165, 1.54) is 18.9 Å². The summed E-state index contributed by atoms with van der Waals surface area (Å²) in [5.41, 5.74) is 0.903. The van der Waals surface area contributed by atoms with Gasteiger partial charge in [-0.2, -0.15) is 0 Å². The van der Waals surface area contributed by atoms with Crippen LogP contribution < -0.4 is 5.32 Å². The van der Waals surface area contributed by atoms with E-state index in [2.05, 4.69) is 5.32 Å². The van der Waals surface area contributed by atoms with E-state index in [0.29, 0.717) is 35.3 Å². The normalized spacial score (nSPS) is 14.5. The predicted octanol–water partition coefficient (Wildman–Crippen LogP) is 4.68. The molecular formula is C16H13ClF3N. The van der Waals surface area contributed by atoms with Crippen LogP contribution in [0.2, 0.25) is 5.02 Å². The van der Waals surface area contributed by atoms with Crippen molar-refractivity contribution in [1.82, 2.24) is 5.32 Å². The molecule has 110 valence electrons. The molecule has 21 heavy (non-hydrogen) atoms.